The van der Waals surface area contributed by atoms with Crippen LogP contribution in [0.15, 0.2) is 54.6 Å². The lowest BCUT2D eigenvalue weighted by atomic mass is 10.2. The molecule has 2 N–H and O–H groups in total. The molecule has 140 valence electrons. The zero-order chi connectivity index (χ0) is 19.4. The van der Waals surface area contributed by atoms with Crippen molar-refractivity contribution in [2.45, 2.75) is 27.3 Å². The number of rotatable bonds is 5. The van der Waals surface area contributed by atoms with Crippen LogP contribution in [0.1, 0.15) is 22.5 Å². The van der Waals surface area contributed by atoms with Crippen LogP contribution < -0.4 is 15.4 Å². The van der Waals surface area contributed by atoms with Crippen molar-refractivity contribution in [1.82, 2.24) is 9.88 Å². The summed E-state index contributed by atoms with van der Waals surface area (Å²) in [5.74, 6) is 0.816. The molecule has 5 nitrogen and oxygen atoms in total. The molecule has 0 radical (unpaired) electrons. The van der Waals surface area contributed by atoms with Crippen molar-refractivity contribution in [2.75, 3.05) is 12.4 Å². The molecule has 0 unspecified atom stereocenters. The fraction of sp³-hybridized carbons (Fsp3) is 0.227. The number of carbonyl (C=O) groups excluding carboxylic acids is 1. The first-order valence-electron chi connectivity index (χ1n) is 8.93. The molecule has 27 heavy (non-hydrogen) atoms. The number of hydrogen-bond donors (Lipinski definition) is 2. The largest absolute Gasteiger partial charge is 0.495 e. The highest BCUT2D eigenvalue weighted by molar-refractivity contribution is 5.90. The molecule has 0 aliphatic rings. The maximum absolute atomic E-state index is 12.3. The quantitative estimate of drug-likeness (QED) is 0.688. The topological polar surface area (TPSA) is 55.3 Å². The zero-order valence-electron chi connectivity index (χ0n) is 16.2. The molecule has 0 spiro atoms. The third-order valence-corrected chi connectivity index (χ3v) is 4.69. The summed E-state index contributed by atoms with van der Waals surface area (Å²) >= 11 is 0. The van der Waals surface area contributed by atoms with Crippen molar-refractivity contribution in [3.63, 3.8) is 0 Å². The van der Waals surface area contributed by atoms with Crippen molar-refractivity contribution >= 4 is 11.7 Å². The Kier molecular flexibility index (Phi) is 5.50. The lowest BCUT2D eigenvalue weighted by molar-refractivity contribution is 0.251. The number of amides is 2. The van der Waals surface area contributed by atoms with Gasteiger partial charge in [-0.15, -0.1) is 0 Å². The summed E-state index contributed by atoms with van der Waals surface area (Å²) in [4.78, 5) is 12.3. The first-order valence-corrected chi connectivity index (χ1v) is 8.93. The van der Waals surface area contributed by atoms with Crippen LogP contribution in [0.25, 0.3) is 5.69 Å². The van der Waals surface area contributed by atoms with Crippen molar-refractivity contribution in [3.05, 3.63) is 77.1 Å². The van der Waals surface area contributed by atoms with E-state index in [9.17, 15) is 4.79 Å². The summed E-state index contributed by atoms with van der Waals surface area (Å²) in [6.07, 6.45) is 0. The van der Waals surface area contributed by atoms with Crippen LogP contribution in [0, 0.1) is 20.8 Å². The fourth-order valence-corrected chi connectivity index (χ4v) is 3.25. The van der Waals surface area contributed by atoms with E-state index in [1.165, 1.54) is 0 Å². The van der Waals surface area contributed by atoms with Gasteiger partial charge in [-0.2, -0.15) is 0 Å². The number of ether oxygens (including phenoxy) is 1. The molecule has 3 rings (SSSR count). The van der Waals surface area contributed by atoms with Gasteiger partial charge in [0.1, 0.15) is 5.75 Å². The van der Waals surface area contributed by atoms with E-state index in [2.05, 4.69) is 35.1 Å². The Morgan fingerprint density at radius 2 is 1.74 bits per heavy atom. The van der Waals surface area contributed by atoms with E-state index in [0.717, 1.165) is 39.6 Å². The van der Waals surface area contributed by atoms with Gasteiger partial charge < -0.3 is 19.9 Å². The second-order valence-corrected chi connectivity index (χ2v) is 6.53. The smallest absolute Gasteiger partial charge is 0.319 e. The number of nitrogens with one attached hydrogen (secondary N) is 2. The Balaban J connectivity index is 1.75. The summed E-state index contributed by atoms with van der Waals surface area (Å²) in [6.45, 7) is 6.52. The summed E-state index contributed by atoms with van der Waals surface area (Å²) in [5, 5.41) is 5.84. The van der Waals surface area contributed by atoms with E-state index in [4.69, 9.17) is 4.74 Å². The molecule has 1 aromatic heterocycles. The highest BCUT2D eigenvalue weighted by Gasteiger charge is 2.14. The van der Waals surface area contributed by atoms with Gasteiger partial charge in [0, 0.05) is 23.6 Å². The van der Waals surface area contributed by atoms with Crippen LogP contribution in [0.3, 0.4) is 0 Å². The van der Waals surface area contributed by atoms with Crippen LogP contribution in [0.4, 0.5) is 10.5 Å². The van der Waals surface area contributed by atoms with Crippen molar-refractivity contribution in [2.24, 2.45) is 0 Å². The van der Waals surface area contributed by atoms with E-state index in [1.807, 2.05) is 55.5 Å². The molecule has 0 bridgehead atoms. The predicted molar refractivity (Wildman–Crippen MR) is 109 cm³/mol. The summed E-state index contributed by atoms with van der Waals surface area (Å²) in [6, 6.07) is 17.5. The van der Waals surface area contributed by atoms with E-state index in [0.29, 0.717) is 6.54 Å². The van der Waals surface area contributed by atoms with Crippen LogP contribution in [-0.4, -0.2) is 17.7 Å². The lowest BCUT2D eigenvalue weighted by Crippen LogP contribution is -2.28. The van der Waals surface area contributed by atoms with Gasteiger partial charge in [-0.1, -0.05) is 30.3 Å². The van der Waals surface area contributed by atoms with Gasteiger partial charge in [-0.25, -0.2) is 4.79 Å². The number of anilines is 1. The maximum atomic E-state index is 12.3. The molecule has 0 saturated heterocycles. The minimum absolute atomic E-state index is 0.216. The molecule has 0 saturated carbocycles. The Bertz CT molecular complexity index is 960. The Morgan fingerprint density at radius 1 is 1.04 bits per heavy atom. The van der Waals surface area contributed by atoms with E-state index < -0.39 is 0 Å². The highest BCUT2D eigenvalue weighted by Crippen LogP contribution is 2.27. The molecule has 1 heterocycles. The molecular formula is C22H25N3O2. The Morgan fingerprint density at radius 3 is 2.48 bits per heavy atom. The SMILES string of the molecule is COc1ccccc1-n1c(C)cc(CNC(=O)Nc2ccccc2C)c1C. The molecule has 0 fully saturated rings. The lowest BCUT2D eigenvalue weighted by Gasteiger charge is -2.14. The molecule has 3 aromatic rings. The molecule has 2 aromatic carbocycles. The number of nitrogens with zero attached hydrogens (tertiary/aromatic N) is 1. The van der Waals surface area contributed by atoms with E-state index >= 15 is 0 Å². The first kappa shape index (κ1) is 18.6. The predicted octanol–water partition coefficient (Wildman–Crippen LogP) is 4.73. The standard InChI is InChI=1S/C22H25N3O2/c1-15-9-5-6-10-19(15)24-22(26)23-14-18-13-16(2)25(17(18)3)20-11-7-8-12-21(20)27-4/h5-13H,14H2,1-4H3,(H2,23,24,26). The summed E-state index contributed by atoms with van der Waals surface area (Å²) < 4.78 is 7.64. The average molecular weight is 363 g/mol. The van der Waals surface area contributed by atoms with Gasteiger partial charge in [0.05, 0.1) is 12.8 Å². The first-order chi connectivity index (χ1) is 13.0. The number of aromatic nitrogens is 1. The minimum Gasteiger partial charge on any atom is -0.495 e. The van der Waals surface area contributed by atoms with Crippen molar-refractivity contribution in [1.29, 1.82) is 0 Å². The van der Waals surface area contributed by atoms with Gasteiger partial charge >= 0.3 is 6.03 Å². The second-order valence-electron chi connectivity index (χ2n) is 6.53. The number of hydrogen-bond acceptors (Lipinski definition) is 2. The van der Waals surface area contributed by atoms with Crippen molar-refractivity contribution < 1.29 is 9.53 Å². The number of benzene rings is 2. The number of para-hydroxylation sites is 3. The maximum Gasteiger partial charge on any atom is 0.319 e. The summed E-state index contributed by atoms with van der Waals surface area (Å²) in [7, 11) is 1.67. The zero-order valence-corrected chi connectivity index (χ0v) is 16.2. The number of urea groups is 1. The Labute approximate surface area is 160 Å². The third-order valence-electron chi connectivity index (χ3n) is 4.69. The monoisotopic (exact) mass is 363 g/mol. The van der Waals surface area contributed by atoms with Crippen LogP contribution in [0.2, 0.25) is 0 Å². The normalized spacial score (nSPS) is 10.5. The molecule has 0 aliphatic carbocycles. The average Bonchev–Trinajstić information content (AvgIpc) is 2.95. The van der Waals surface area contributed by atoms with Crippen LogP contribution >= 0.6 is 0 Å². The van der Waals surface area contributed by atoms with E-state index in [-0.39, 0.29) is 6.03 Å². The Hall–Kier alpha value is -3.21. The van der Waals surface area contributed by atoms with E-state index in [1.54, 1.807) is 7.11 Å². The number of methoxy groups -OCH3 is 1. The highest BCUT2D eigenvalue weighted by atomic mass is 16.5. The molecule has 0 atom stereocenters. The van der Waals surface area contributed by atoms with Crippen LogP contribution in [-0.2, 0) is 6.54 Å². The minimum atomic E-state index is -0.216. The molecule has 2 amide bonds. The second kappa shape index (κ2) is 7.99. The number of aryl methyl sites for hydroxylation is 2. The molecular weight excluding hydrogens is 338 g/mol. The van der Waals surface area contributed by atoms with Gasteiger partial charge in [-0.3, -0.25) is 0 Å². The third kappa shape index (κ3) is 3.97. The van der Waals surface area contributed by atoms with Crippen LogP contribution in [0.5, 0.6) is 5.75 Å². The number of carbonyl (C=O) groups is 1. The van der Waals surface area contributed by atoms with Crippen molar-refractivity contribution in [3.8, 4) is 11.4 Å². The van der Waals surface area contributed by atoms with Gasteiger partial charge in [-0.05, 0) is 56.2 Å². The van der Waals surface area contributed by atoms with Gasteiger partial charge in [0.15, 0.2) is 0 Å². The van der Waals surface area contributed by atoms with Gasteiger partial charge in [0.2, 0.25) is 0 Å². The fourth-order valence-electron chi connectivity index (χ4n) is 3.25. The summed E-state index contributed by atoms with van der Waals surface area (Å²) in [5.41, 5.74) is 6.07. The molecule has 5 heteroatoms. The molecule has 0 aliphatic heterocycles. The van der Waals surface area contributed by atoms with Gasteiger partial charge in [0.25, 0.3) is 0 Å².